The van der Waals surface area contributed by atoms with Crippen LogP contribution in [0.25, 0.3) is 0 Å². The molecule has 1 atom stereocenters. The van der Waals surface area contributed by atoms with Crippen molar-refractivity contribution in [1.82, 2.24) is 9.55 Å². The number of imidazole rings is 1. The van der Waals surface area contributed by atoms with Gasteiger partial charge in [-0.1, -0.05) is 58.5 Å². The average molecular weight is 417 g/mol. The van der Waals surface area contributed by atoms with E-state index in [4.69, 9.17) is 52.5 Å². The summed E-state index contributed by atoms with van der Waals surface area (Å²) in [4.78, 5) is 3.93. The maximum absolute atomic E-state index is 7.85. The normalized spacial score (nSPS) is 12.9. The predicted octanol–water partition coefficient (Wildman–Crippen LogP) is 6.45. The third-order valence-electron chi connectivity index (χ3n) is 3.63. The Labute approximate surface area is 167 Å². The first-order valence-corrected chi connectivity index (χ1v) is 8.93. The topological polar surface area (TPSA) is 27.1 Å². The number of ether oxygens (including phenoxy) is 1. The average Bonchev–Trinajstić information content (AvgIpc) is 2.98. The van der Waals surface area contributed by atoms with Crippen LogP contribution in [0.5, 0.6) is 0 Å². The molecule has 3 aromatic rings. The molecule has 0 aliphatic heterocycles. The predicted molar refractivity (Wildman–Crippen MR) is 103 cm³/mol. The lowest BCUT2D eigenvalue weighted by molar-refractivity contribution is 0.0281. The van der Waals surface area contributed by atoms with Crippen molar-refractivity contribution in [2.45, 2.75) is 19.3 Å². The van der Waals surface area contributed by atoms with E-state index in [-0.39, 0.29) is 12.9 Å². The molecule has 0 radical (unpaired) electrons. The maximum Gasteiger partial charge on any atom is 0.104 e. The summed E-state index contributed by atoms with van der Waals surface area (Å²) in [6, 6.07) is 10.5. The van der Waals surface area contributed by atoms with E-state index in [0.717, 1.165) is 11.1 Å². The summed E-state index contributed by atoms with van der Waals surface area (Å²) >= 11 is 24.5. The number of benzene rings is 2. The summed E-state index contributed by atoms with van der Waals surface area (Å²) in [5.41, 5.74) is 1.58. The molecule has 0 amide bonds. The Morgan fingerprint density at radius 3 is 2.40 bits per heavy atom. The van der Waals surface area contributed by atoms with Crippen LogP contribution in [-0.4, -0.2) is 9.55 Å². The Bertz CT molecular complexity index is 916. The zero-order valence-corrected chi connectivity index (χ0v) is 15.9. The van der Waals surface area contributed by atoms with Crippen molar-refractivity contribution in [3.05, 3.63) is 86.3 Å². The first kappa shape index (κ1) is 17.2. The number of hydrogen-bond donors (Lipinski definition) is 0. The molecule has 25 heavy (non-hydrogen) atoms. The minimum atomic E-state index is -0.412. The van der Waals surface area contributed by atoms with Crippen molar-refractivity contribution in [3.63, 3.8) is 0 Å². The minimum absolute atomic E-state index is 0.146. The summed E-state index contributed by atoms with van der Waals surface area (Å²) < 4.78 is 15.6. The van der Waals surface area contributed by atoms with Gasteiger partial charge in [-0.15, -0.1) is 0 Å². The highest BCUT2D eigenvalue weighted by atomic mass is 35.5. The van der Waals surface area contributed by atoms with Crippen molar-refractivity contribution >= 4 is 46.4 Å². The fourth-order valence-corrected chi connectivity index (χ4v) is 3.36. The summed E-state index contributed by atoms with van der Waals surface area (Å²) in [5.74, 6) is 0. The van der Waals surface area contributed by atoms with Gasteiger partial charge in [0.25, 0.3) is 0 Å². The van der Waals surface area contributed by atoms with Gasteiger partial charge < -0.3 is 9.30 Å². The Kier molecular flexibility index (Phi) is 5.80. The molecule has 1 aromatic heterocycles. The van der Waals surface area contributed by atoms with Crippen LogP contribution in [0.1, 0.15) is 18.6 Å². The van der Waals surface area contributed by atoms with Gasteiger partial charge in [-0.25, -0.2) is 4.98 Å². The van der Waals surface area contributed by atoms with E-state index in [0.29, 0.717) is 26.6 Å². The first-order chi connectivity index (χ1) is 12.4. The van der Waals surface area contributed by atoms with Gasteiger partial charge in [0.2, 0.25) is 0 Å². The molecule has 0 bridgehead atoms. The van der Waals surface area contributed by atoms with Gasteiger partial charge in [-0.05, 0) is 29.8 Å². The minimum Gasteiger partial charge on any atom is -0.367 e. The highest BCUT2D eigenvalue weighted by Gasteiger charge is 2.17. The molecular weight excluding hydrogens is 402 g/mol. The van der Waals surface area contributed by atoms with Gasteiger partial charge in [0, 0.05) is 38.0 Å². The zero-order valence-electron chi connectivity index (χ0n) is 13.9. The van der Waals surface area contributed by atoms with E-state index in [9.17, 15) is 0 Å². The van der Waals surface area contributed by atoms with Crippen molar-refractivity contribution in [3.8, 4) is 0 Å². The van der Waals surface area contributed by atoms with Gasteiger partial charge in [0.05, 0.1) is 19.5 Å². The van der Waals surface area contributed by atoms with Gasteiger partial charge in [-0.3, -0.25) is 0 Å². The highest BCUT2D eigenvalue weighted by molar-refractivity contribution is 6.35. The molecule has 1 unspecified atom stereocenters. The van der Waals surface area contributed by atoms with E-state index in [1.807, 2.05) is 12.1 Å². The molecular formula is C18H14Cl4N2O. The molecule has 0 N–H and O–H groups in total. The fraction of sp³-hybridized carbons (Fsp3) is 0.167. The van der Waals surface area contributed by atoms with Crippen LogP contribution in [-0.2, 0) is 17.9 Å². The molecule has 7 heteroatoms. The Hall–Kier alpha value is -1.23. The van der Waals surface area contributed by atoms with Crippen LogP contribution in [0.15, 0.2) is 55.1 Å². The molecule has 130 valence electrons. The second-order valence-electron chi connectivity index (χ2n) is 5.38. The third-order valence-corrected chi connectivity index (χ3v) is 4.78. The monoisotopic (exact) mass is 415 g/mol. The number of rotatable bonds is 6. The van der Waals surface area contributed by atoms with Crippen molar-refractivity contribution in [2.24, 2.45) is 0 Å². The Balaban J connectivity index is 1.86. The van der Waals surface area contributed by atoms with Crippen molar-refractivity contribution in [1.29, 1.82) is 0 Å². The van der Waals surface area contributed by atoms with Gasteiger partial charge >= 0.3 is 0 Å². The third kappa shape index (κ3) is 4.90. The highest BCUT2D eigenvalue weighted by Crippen LogP contribution is 2.31. The van der Waals surface area contributed by atoms with Crippen LogP contribution in [0, 0.1) is 0 Å². The molecule has 1 heterocycles. The Morgan fingerprint density at radius 2 is 1.76 bits per heavy atom. The zero-order chi connectivity index (χ0) is 18.7. The van der Waals surface area contributed by atoms with Gasteiger partial charge in [0.15, 0.2) is 0 Å². The number of aromatic nitrogens is 2. The van der Waals surface area contributed by atoms with Crippen molar-refractivity contribution in [2.75, 3.05) is 0 Å². The van der Waals surface area contributed by atoms with Crippen LogP contribution in [0.2, 0.25) is 20.1 Å². The van der Waals surface area contributed by atoms with Crippen LogP contribution >= 0.6 is 46.4 Å². The molecule has 3 rings (SSSR count). The van der Waals surface area contributed by atoms with Gasteiger partial charge in [0.1, 0.15) is 7.47 Å². The summed E-state index contributed by atoms with van der Waals surface area (Å²) in [6.07, 6.45) is 3.02. The molecule has 0 fully saturated rings. The Morgan fingerprint density at radius 1 is 1.04 bits per heavy atom. The van der Waals surface area contributed by atoms with E-state index in [1.165, 1.54) is 0 Å². The number of halogens is 4. The number of hydrogen-bond acceptors (Lipinski definition) is 2. The van der Waals surface area contributed by atoms with E-state index in [1.54, 1.807) is 41.2 Å². The lowest BCUT2D eigenvalue weighted by atomic mass is 10.1. The quantitative estimate of drug-likeness (QED) is 0.461. The largest absolute Gasteiger partial charge is 0.367 e. The smallest absolute Gasteiger partial charge is 0.104 e. The fourth-order valence-electron chi connectivity index (χ4n) is 2.37. The lowest BCUT2D eigenvalue weighted by Gasteiger charge is -2.21. The van der Waals surface area contributed by atoms with Crippen LogP contribution in [0.3, 0.4) is 0 Å². The second kappa shape index (κ2) is 8.43. The summed E-state index contributed by atoms with van der Waals surface area (Å²) in [5, 5.41) is 2.13. The molecule has 3 nitrogen and oxygen atoms in total. The molecule has 0 aliphatic rings. The first-order valence-electron chi connectivity index (χ1n) is 7.92. The summed E-state index contributed by atoms with van der Waals surface area (Å²) in [7, 11) is 0. The van der Waals surface area contributed by atoms with Gasteiger partial charge in [-0.2, -0.15) is 0 Å². The van der Waals surface area contributed by atoms with E-state index in [2.05, 4.69) is 4.98 Å². The lowest BCUT2D eigenvalue weighted by Crippen LogP contribution is -2.12. The SMILES string of the molecule is [2H]c1nccn1CC(OCc1ccc(Cl)cc1Cl)c1ccc(Cl)cc1Cl. The molecule has 0 saturated carbocycles. The maximum atomic E-state index is 7.85. The second-order valence-corrected chi connectivity index (χ2v) is 7.07. The number of nitrogens with zero attached hydrogens (tertiary/aromatic N) is 2. The molecule has 0 saturated heterocycles. The van der Waals surface area contributed by atoms with Crippen LogP contribution in [0.4, 0.5) is 0 Å². The van der Waals surface area contributed by atoms with Crippen LogP contribution < -0.4 is 0 Å². The van der Waals surface area contributed by atoms with E-state index >= 15 is 0 Å². The standard InChI is InChI=1S/C18H14Cl4N2O/c19-13-2-1-12(16(21)7-13)10-25-18(9-24-6-5-23-11-24)15-4-3-14(20)8-17(15)22/h1-8,11,18H,9-10H2/i11D. The molecule has 0 aliphatic carbocycles. The summed E-state index contributed by atoms with van der Waals surface area (Å²) in [6.45, 7) is 0.646. The van der Waals surface area contributed by atoms with Crippen molar-refractivity contribution < 1.29 is 6.11 Å². The van der Waals surface area contributed by atoms with E-state index < -0.39 is 6.10 Å². The molecule has 2 aromatic carbocycles. The molecule has 0 spiro atoms.